The van der Waals surface area contributed by atoms with Crippen molar-refractivity contribution in [2.24, 2.45) is 0 Å². The Bertz CT molecular complexity index is 454. The minimum absolute atomic E-state index is 0.412. The van der Waals surface area contributed by atoms with E-state index in [0.29, 0.717) is 30.6 Å². The van der Waals surface area contributed by atoms with Crippen molar-refractivity contribution < 1.29 is 4.74 Å². The van der Waals surface area contributed by atoms with Gasteiger partial charge < -0.3 is 15.0 Å². The van der Waals surface area contributed by atoms with Crippen molar-refractivity contribution in [2.75, 3.05) is 23.4 Å². The van der Waals surface area contributed by atoms with Crippen molar-refractivity contribution in [3.05, 3.63) is 0 Å². The number of aromatic nitrogens is 3. The fourth-order valence-corrected chi connectivity index (χ4v) is 2.80. The van der Waals surface area contributed by atoms with E-state index in [1.165, 1.54) is 12.8 Å². The number of hydrogen-bond acceptors (Lipinski definition) is 6. The molecule has 21 heavy (non-hydrogen) atoms. The lowest BCUT2D eigenvalue weighted by Gasteiger charge is -2.28. The number of rotatable bonds is 7. The van der Waals surface area contributed by atoms with Crippen LogP contribution in [0.5, 0.6) is 6.01 Å². The van der Waals surface area contributed by atoms with Gasteiger partial charge in [-0.05, 0) is 39.5 Å². The van der Waals surface area contributed by atoms with Crippen LogP contribution in [0.1, 0.15) is 53.4 Å². The van der Waals surface area contributed by atoms with E-state index in [0.717, 1.165) is 25.3 Å². The summed E-state index contributed by atoms with van der Waals surface area (Å²) in [6.45, 7) is 9.92. The molecule has 0 bridgehead atoms. The first kappa shape index (κ1) is 15.8. The fourth-order valence-electron chi connectivity index (χ4n) is 2.80. The summed E-state index contributed by atoms with van der Waals surface area (Å²) in [6.07, 6.45) is 4.53. The topological polar surface area (TPSA) is 63.2 Å². The lowest BCUT2D eigenvalue weighted by molar-refractivity contribution is 0.311. The maximum Gasteiger partial charge on any atom is 0.323 e. The van der Waals surface area contributed by atoms with Crippen molar-refractivity contribution in [3.8, 4) is 6.01 Å². The molecule has 0 radical (unpaired) electrons. The minimum Gasteiger partial charge on any atom is -0.464 e. The summed E-state index contributed by atoms with van der Waals surface area (Å²) in [5, 5.41) is 3.24. The van der Waals surface area contributed by atoms with Crippen molar-refractivity contribution in [3.63, 3.8) is 0 Å². The summed E-state index contributed by atoms with van der Waals surface area (Å²) in [5.41, 5.74) is 0. The van der Waals surface area contributed by atoms with Gasteiger partial charge in [-0.3, -0.25) is 0 Å². The van der Waals surface area contributed by atoms with Crippen LogP contribution in [0.3, 0.4) is 0 Å². The Hall–Kier alpha value is -1.59. The predicted octanol–water partition coefficient (Wildman–Crippen LogP) is 2.86. The Morgan fingerprint density at radius 1 is 1.19 bits per heavy atom. The van der Waals surface area contributed by atoms with Crippen LogP contribution in [0.25, 0.3) is 0 Å². The number of nitrogens with zero attached hydrogens (tertiary/aromatic N) is 4. The van der Waals surface area contributed by atoms with Crippen LogP contribution >= 0.6 is 0 Å². The van der Waals surface area contributed by atoms with Crippen molar-refractivity contribution in [1.29, 1.82) is 0 Å². The van der Waals surface area contributed by atoms with Gasteiger partial charge >= 0.3 is 6.01 Å². The van der Waals surface area contributed by atoms with Gasteiger partial charge in [0.05, 0.1) is 6.61 Å². The van der Waals surface area contributed by atoms with Crippen molar-refractivity contribution in [2.45, 2.75) is 65.5 Å². The van der Waals surface area contributed by atoms with Crippen LogP contribution in [0.15, 0.2) is 0 Å². The molecule has 1 saturated heterocycles. The molecule has 0 aromatic carbocycles. The summed E-state index contributed by atoms with van der Waals surface area (Å²) in [5.74, 6) is 1.35. The van der Waals surface area contributed by atoms with Crippen LogP contribution in [0.4, 0.5) is 11.9 Å². The third-order valence-corrected chi connectivity index (χ3v) is 3.90. The number of hydrogen-bond donors (Lipinski definition) is 1. The highest BCUT2D eigenvalue weighted by Crippen LogP contribution is 2.30. The highest BCUT2D eigenvalue weighted by molar-refractivity contribution is 5.41. The molecular formula is C15H27N5O. The summed E-state index contributed by atoms with van der Waals surface area (Å²) in [4.78, 5) is 15.7. The number of nitrogens with one attached hydrogen (secondary N) is 1. The first-order valence-corrected chi connectivity index (χ1v) is 8.10. The van der Waals surface area contributed by atoms with Gasteiger partial charge in [-0.25, -0.2) is 0 Å². The lowest BCUT2D eigenvalue weighted by atomic mass is 10.2. The zero-order valence-electron chi connectivity index (χ0n) is 13.6. The van der Waals surface area contributed by atoms with E-state index in [1.54, 1.807) is 0 Å². The van der Waals surface area contributed by atoms with E-state index < -0.39 is 0 Å². The molecule has 1 aromatic heterocycles. The smallest absolute Gasteiger partial charge is 0.323 e. The van der Waals surface area contributed by atoms with E-state index in [2.05, 4.69) is 45.9 Å². The fraction of sp³-hybridized carbons (Fsp3) is 0.800. The standard InChI is InChI=1S/C15H27N5O/c1-5-10-16-13-17-14(19-15(18-13)21-7-3)20-11(4)8-9-12(20)6-2/h11-12H,5-10H2,1-4H3,(H,16,17,18,19). The van der Waals surface area contributed by atoms with Crippen molar-refractivity contribution in [1.82, 2.24) is 15.0 Å². The maximum absolute atomic E-state index is 5.50. The molecule has 2 rings (SSSR count). The third kappa shape index (κ3) is 3.74. The summed E-state index contributed by atoms with van der Waals surface area (Å²) >= 11 is 0. The first-order chi connectivity index (χ1) is 10.2. The highest BCUT2D eigenvalue weighted by Gasteiger charge is 2.32. The summed E-state index contributed by atoms with van der Waals surface area (Å²) < 4.78 is 5.50. The molecule has 0 aliphatic carbocycles. The van der Waals surface area contributed by atoms with Gasteiger partial charge in [-0.1, -0.05) is 13.8 Å². The quantitative estimate of drug-likeness (QED) is 0.834. The van der Waals surface area contributed by atoms with Crippen molar-refractivity contribution >= 4 is 11.9 Å². The maximum atomic E-state index is 5.50. The largest absolute Gasteiger partial charge is 0.464 e. The second kappa shape index (κ2) is 7.43. The average Bonchev–Trinajstić information content (AvgIpc) is 2.86. The first-order valence-electron chi connectivity index (χ1n) is 8.10. The van der Waals surface area contributed by atoms with E-state index in [-0.39, 0.29) is 0 Å². The molecule has 1 aromatic rings. The van der Waals surface area contributed by atoms with E-state index in [4.69, 9.17) is 4.74 Å². The van der Waals surface area contributed by atoms with E-state index >= 15 is 0 Å². The molecule has 1 fully saturated rings. The predicted molar refractivity (Wildman–Crippen MR) is 85.0 cm³/mol. The van der Waals surface area contributed by atoms with Gasteiger partial charge in [-0.15, -0.1) is 0 Å². The molecule has 0 amide bonds. The van der Waals surface area contributed by atoms with Crippen LogP contribution in [0, 0.1) is 0 Å². The van der Waals surface area contributed by atoms with Gasteiger partial charge in [0.2, 0.25) is 11.9 Å². The second-order valence-electron chi connectivity index (χ2n) is 5.50. The molecule has 1 aliphatic rings. The minimum atomic E-state index is 0.412. The molecule has 6 heteroatoms. The lowest BCUT2D eigenvalue weighted by Crippen LogP contribution is -2.36. The molecule has 0 spiro atoms. The molecular weight excluding hydrogens is 266 g/mol. The highest BCUT2D eigenvalue weighted by atomic mass is 16.5. The van der Waals surface area contributed by atoms with Gasteiger partial charge in [0.1, 0.15) is 0 Å². The Kier molecular flexibility index (Phi) is 5.59. The van der Waals surface area contributed by atoms with Crippen LogP contribution < -0.4 is 15.0 Å². The normalized spacial score (nSPS) is 21.6. The molecule has 0 saturated carbocycles. The van der Waals surface area contributed by atoms with Crippen LogP contribution in [-0.2, 0) is 0 Å². The Balaban J connectivity index is 2.29. The van der Waals surface area contributed by atoms with Gasteiger partial charge in [0.25, 0.3) is 0 Å². The SMILES string of the molecule is CCCNc1nc(OCC)nc(N2C(C)CCC2CC)n1. The molecule has 2 heterocycles. The average molecular weight is 293 g/mol. The molecule has 2 unspecified atom stereocenters. The Morgan fingerprint density at radius 2 is 2.00 bits per heavy atom. The number of anilines is 2. The molecule has 1 aliphatic heterocycles. The number of ether oxygens (including phenoxy) is 1. The zero-order chi connectivity index (χ0) is 15.2. The molecule has 1 N–H and O–H groups in total. The summed E-state index contributed by atoms with van der Waals surface area (Å²) in [6, 6.07) is 1.39. The van der Waals surface area contributed by atoms with Crippen LogP contribution in [-0.4, -0.2) is 40.2 Å². The van der Waals surface area contributed by atoms with Gasteiger partial charge in [0.15, 0.2) is 0 Å². The third-order valence-electron chi connectivity index (χ3n) is 3.90. The Labute approximate surface area is 127 Å². The molecule has 2 atom stereocenters. The van der Waals surface area contributed by atoms with E-state index in [9.17, 15) is 0 Å². The molecule has 6 nitrogen and oxygen atoms in total. The van der Waals surface area contributed by atoms with Crippen LogP contribution in [0.2, 0.25) is 0 Å². The summed E-state index contributed by atoms with van der Waals surface area (Å²) in [7, 11) is 0. The zero-order valence-corrected chi connectivity index (χ0v) is 13.6. The van der Waals surface area contributed by atoms with Gasteiger partial charge in [-0.2, -0.15) is 15.0 Å². The van der Waals surface area contributed by atoms with E-state index in [1.807, 2.05) is 6.92 Å². The van der Waals surface area contributed by atoms with Gasteiger partial charge in [0, 0.05) is 18.6 Å². The second-order valence-corrected chi connectivity index (χ2v) is 5.50. The Morgan fingerprint density at radius 3 is 2.67 bits per heavy atom. The molecule has 118 valence electrons. The monoisotopic (exact) mass is 293 g/mol.